The monoisotopic (exact) mass is 335 g/mol. The van der Waals surface area contributed by atoms with E-state index in [0.29, 0.717) is 0 Å². The number of H-pyrrole nitrogens is 3. The van der Waals surface area contributed by atoms with Gasteiger partial charge in [0.05, 0.1) is 0 Å². The molecule has 5 rings (SSSR count). The first-order valence-corrected chi connectivity index (χ1v) is 7.90. The smallest absolute Gasteiger partial charge is 0.657 e. The Balaban J connectivity index is 0.00000157. The first-order chi connectivity index (χ1) is 11.8. The Hall–Kier alpha value is -2.63. The third kappa shape index (κ3) is 3.29. The van der Waals surface area contributed by atoms with Crippen LogP contribution in [0.25, 0.3) is 46.4 Å². The summed E-state index contributed by atoms with van der Waals surface area (Å²) in [7, 11) is 0. The van der Waals surface area contributed by atoms with Gasteiger partial charge in [0, 0.05) is 47.5 Å². The van der Waals surface area contributed by atoms with Gasteiger partial charge in [-0.3, -0.25) is 0 Å². The Bertz CT molecular complexity index is 990. The second kappa shape index (κ2) is 6.35. The Morgan fingerprint density at radius 3 is 1.52 bits per heavy atom. The summed E-state index contributed by atoms with van der Waals surface area (Å²) in [5, 5.41) is 0. The van der Waals surface area contributed by atoms with Crippen LogP contribution >= 0.6 is 0 Å². The summed E-state index contributed by atoms with van der Waals surface area (Å²) in [6.07, 6.45) is 8.27. The SMILES string of the molecule is C1=Cc2cc3ccc(cc4[nH+]c(cc5ccc(cc1[nH+]2)[n-]5)C=C4)[nH]3.[Mg+2]. The van der Waals surface area contributed by atoms with Gasteiger partial charge in [-0.25, -0.2) is 9.97 Å². The van der Waals surface area contributed by atoms with Crippen molar-refractivity contribution >= 4 is 69.4 Å². The molecule has 0 spiro atoms. The van der Waals surface area contributed by atoms with Crippen molar-refractivity contribution in [3.8, 4) is 0 Å². The molecular formula is C20H15MgN4+3. The Morgan fingerprint density at radius 1 is 0.600 bits per heavy atom. The average molecular weight is 336 g/mol. The molecule has 5 heterocycles. The van der Waals surface area contributed by atoms with Crippen molar-refractivity contribution in [2.45, 2.75) is 0 Å². The minimum atomic E-state index is 0. The van der Waals surface area contributed by atoms with Crippen LogP contribution in [0.5, 0.6) is 0 Å². The fraction of sp³-hybridized carbons (Fsp3) is 0. The van der Waals surface area contributed by atoms with E-state index in [-0.39, 0.29) is 23.1 Å². The van der Waals surface area contributed by atoms with Crippen molar-refractivity contribution in [2.75, 3.05) is 0 Å². The maximum Gasteiger partial charge on any atom is 2.00 e. The topological polar surface area (TPSA) is 58.2 Å². The van der Waals surface area contributed by atoms with E-state index < -0.39 is 0 Å². The number of aromatic amines is 3. The molecule has 5 heteroatoms. The normalized spacial score (nSPS) is 12.2. The molecule has 3 aromatic rings. The number of nitrogens with one attached hydrogen (secondary N) is 3. The van der Waals surface area contributed by atoms with Gasteiger partial charge < -0.3 is 9.97 Å². The van der Waals surface area contributed by atoms with Crippen LogP contribution in [-0.4, -0.2) is 28.0 Å². The van der Waals surface area contributed by atoms with Gasteiger partial charge in [-0.1, -0.05) is 12.1 Å². The van der Waals surface area contributed by atoms with Gasteiger partial charge in [0.15, 0.2) is 0 Å². The van der Waals surface area contributed by atoms with Crippen molar-refractivity contribution in [2.24, 2.45) is 0 Å². The second-order valence-corrected chi connectivity index (χ2v) is 5.98. The molecule has 0 radical (unpaired) electrons. The van der Waals surface area contributed by atoms with Crippen LogP contribution in [0.1, 0.15) is 22.8 Å². The number of hydrogen-bond acceptors (Lipinski definition) is 0. The van der Waals surface area contributed by atoms with E-state index in [1.165, 1.54) is 0 Å². The Labute approximate surface area is 160 Å². The van der Waals surface area contributed by atoms with Crippen LogP contribution in [-0.2, 0) is 0 Å². The molecule has 0 unspecified atom stereocenters. The predicted octanol–water partition coefficient (Wildman–Crippen LogP) is 2.74. The van der Waals surface area contributed by atoms with Crippen LogP contribution < -0.4 is 15.0 Å². The van der Waals surface area contributed by atoms with Gasteiger partial charge in [0.2, 0.25) is 22.8 Å². The standard InChI is InChI=1S/C20H13N4.Mg/c1-2-14-10-16-5-6-18(23-16)12-20-8-7-19(24-20)11-17-4-3-15(22-17)9-13(1)21-14;/h1-12,21H;/q-1;+2/p+2. The first-order valence-electron chi connectivity index (χ1n) is 7.90. The maximum atomic E-state index is 4.64. The summed E-state index contributed by atoms with van der Waals surface area (Å²) in [6, 6.07) is 16.5. The predicted molar refractivity (Wildman–Crippen MR) is 101 cm³/mol. The van der Waals surface area contributed by atoms with Gasteiger partial charge in [0.25, 0.3) is 0 Å². The van der Waals surface area contributed by atoms with E-state index in [1.54, 1.807) is 0 Å². The van der Waals surface area contributed by atoms with Crippen LogP contribution in [0.3, 0.4) is 0 Å². The molecule has 0 atom stereocenters. The molecule has 0 saturated carbocycles. The maximum absolute atomic E-state index is 4.64. The zero-order valence-corrected chi connectivity index (χ0v) is 15.0. The molecule has 3 N–H and O–H groups in total. The molecule has 2 aliphatic rings. The van der Waals surface area contributed by atoms with Gasteiger partial charge in [-0.2, -0.15) is 0 Å². The molecule has 0 aliphatic carbocycles. The summed E-state index contributed by atoms with van der Waals surface area (Å²) >= 11 is 0. The molecule has 0 amide bonds. The van der Waals surface area contributed by atoms with E-state index in [1.807, 2.05) is 12.1 Å². The van der Waals surface area contributed by atoms with Crippen LogP contribution in [0.4, 0.5) is 0 Å². The molecular weight excluding hydrogens is 321 g/mol. The summed E-state index contributed by atoms with van der Waals surface area (Å²) < 4.78 is 0. The third-order valence-corrected chi connectivity index (χ3v) is 4.11. The van der Waals surface area contributed by atoms with Crippen molar-refractivity contribution in [3.05, 3.63) is 71.3 Å². The van der Waals surface area contributed by atoms with Gasteiger partial charge >= 0.3 is 23.1 Å². The van der Waals surface area contributed by atoms with Gasteiger partial charge in [-0.15, -0.1) is 11.0 Å². The zero-order valence-electron chi connectivity index (χ0n) is 13.6. The molecule has 0 aromatic carbocycles. The Kier molecular flexibility index (Phi) is 4.03. The van der Waals surface area contributed by atoms with E-state index in [0.717, 1.165) is 44.8 Å². The molecule has 25 heavy (non-hydrogen) atoms. The second-order valence-electron chi connectivity index (χ2n) is 5.98. The average Bonchev–Trinajstić information content (AvgIpc) is 3.32. The number of nitrogens with zero attached hydrogens (tertiary/aromatic N) is 1. The van der Waals surface area contributed by atoms with Crippen molar-refractivity contribution in [1.29, 1.82) is 0 Å². The Morgan fingerprint density at radius 2 is 1.04 bits per heavy atom. The van der Waals surface area contributed by atoms with Crippen LogP contribution in [0.2, 0.25) is 0 Å². The number of aromatic nitrogens is 4. The molecule has 0 saturated heterocycles. The quantitative estimate of drug-likeness (QED) is 0.435. The molecule has 114 valence electrons. The summed E-state index contributed by atoms with van der Waals surface area (Å²) in [5.41, 5.74) is 8.22. The number of fused-ring (bicyclic) bond motifs is 8. The van der Waals surface area contributed by atoms with E-state index in [9.17, 15) is 0 Å². The van der Waals surface area contributed by atoms with Crippen molar-refractivity contribution in [1.82, 2.24) is 9.97 Å². The molecule has 2 aliphatic heterocycles. The van der Waals surface area contributed by atoms with Crippen molar-refractivity contribution < 1.29 is 9.97 Å². The molecule has 0 fully saturated rings. The fourth-order valence-electron chi connectivity index (χ4n) is 3.00. The van der Waals surface area contributed by atoms with E-state index in [4.69, 9.17) is 0 Å². The third-order valence-electron chi connectivity index (χ3n) is 4.11. The number of hydrogen-bond donors (Lipinski definition) is 1. The van der Waals surface area contributed by atoms with E-state index >= 15 is 0 Å². The molecule has 4 nitrogen and oxygen atoms in total. The van der Waals surface area contributed by atoms with Gasteiger partial charge in [0.1, 0.15) is 0 Å². The van der Waals surface area contributed by atoms with Crippen molar-refractivity contribution in [3.63, 3.8) is 0 Å². The van der Waals surface area contributed by atoms with Gasteiger partial charge in [-0.05, 0) is 24.3 Å². The summed E-state index contributed by atoms with van der Waals surface area (Å²) in [6.45, 7) is 0. The fourth-order valence-corrected chi connectivity index (χ4v) is 3.00. The zero-order chi connectivity index (χ0) is 15.9. The molecule has 8 bridgehead atoms. The van der Waals surface area contributed by atoms with Crippen LogP contribution in [0.15, 0.2) is 48.5 Å². The minimum Gasteiger partial charge on any atom is -0.657 e. The first kappa shape index (κ1) is 15.9. The largest absolute Gasteiger partial charge is 2.00 e. The summed E-state index contributed by atoms with van der Waals surface area (Å²) in [4.78, 5) is 14.8. The number of rotatable bonds is 0. The molecule has 3 aromatic heterocycles. The van der Waals surface area contributed by atoms with Crippen LogP contribution in [0, 0.1) is 0 Å². The minimum absolute atomic E-state index is 0. The summed E-state index contributed by atoms with van der Waals surface area (Å²) in [5.74, 6) is 0. The van der Waals surface area contributed by atoms with E-state index in [2.05, 4.69) is 80.6 Å².